The van der Waals surface area contributed by atoms with Crippen LogP contribution in [0.15, 0.2) is 18.2 Å². The number of anilines is 2. The first-order valence-corrected chi connectivity index (χ1v) is 6.68. The van der Waals surface area contributed by atoms with Crippen LogP contribution < -0.4 is 11.1 Å². The molecule has 82 valence electrons. The van der Waals surface area contributed by atoms with Crippen LogP contribution in [0.25, 0.3) is 0 Å². The Morgan fingerprint density at radius 1 is 1.33 bits per heavy atom. The lowest BCUT2D eigenvalue weighted by Crippen LogP contribution is -2.24. The fourth-order valence-corrected chi connectivity index (χ4v) is 3.06. The highest BCUT2D eigenvalue weighted by Crippen LogP contribution is 2.27. The Bertz CT molecular complexity index is 337. The number of thioether (sulfide) groups is 1. The van der Waals surface area contributed by atoms with Gasteiger partial charge in [0, 0.05) is 11.7 Å². The lowest BCUT2D eigenvalue weighted by molar-refractivity contribution is 0.667. The van der Waals surface area contributed by atoms with Crippen LogP contribution in [-0.2, 0) is 0 Å². The second kappa shape index (κ2) is 4.99. The monoisotopic (exact) mass is 242 g/mol. The van der Waals surface area contributed by atoms with Crippen molar-refractivity contribution in [2.75, 3.05) is 22.6 Å². The predicted molar refractivity (Wildman–Crippen MR) is 69.8 cm³/mol. The molecule has 15 heavy (non-hydrogen) atoms. The molecule has 2 rings (SSSR count). The van der Waals surface area contributed by atoms with Gasteiger partial charge in [0.25, 0.3) is 0 Å². The first kappa shape index (κ1) is 11.0. The van der Waals surface area contributed by atoms with Crippen LogP contribution in [0.5, 0.6) is 0 Å². The van der Waals surface area contributed by atoms with Crippen molar-refractivity contribution >= 4 is 34.7 Å². The molecule has 2 nitrogen and oxygen atoms in total. The summed E-state index contributed by atoms with van der Waals surface area (Å²) in [4.78, 5) is 0. The third kappa shape index (κ3) is 2.95. The summed E-state index contributed by atoms with van der Waals surface area (Å²) < 4.78 is 0. The largest absolute Gasteiger partial charge is 0.399 e. The molecule has 1 heterocycles. The zero-order valence-electron chi connectivity index (χ0n) is 8.50. The molecule has 1 fully saturated rings. The van der Waals surface area contributed by atoms with Crippen LogP contribution >= 0.6 is 23.4 Å². The van der Waals surface area contributed by atoms with E-state index in [-0.39, 0.29) is 0 Å². The van der Waals surface area contributed by atoms with E-state index >= 15 is 0 Å². The number of hydrogen-bond donors (Lipinski definition) is 2. The van der Waals surface area contributed by atoms with Gasteiger partial charge in [-0.05, 0) is 42.5 Å². The van der Waals surface area contributed by atoms with E-state index in [2.05, 4.69) is 5.32 Å². The molecular formula is C11H15ClN2S. The molecule has 0 bridgehead atoms. The van der Waals surface area contributed by atoms with E-state index in [0.717, 1.165) is 5.69 Å². The minimum absolute atomic E-state index is 0.562. The van der Waals surface area contributed by atoms with Crippen molar-refractivity contribution in [2.24, 2.45) is 0 Å². The first-order chi connectivity index (χ1) is 7.25. The molecule has 0 unspecified atom stereocenters. The number of rotatable bonds is 2. The summed E-state index contributed by atoms with van der Waals surface area (Å²) in [7, 11) is 0. The quantitative estimate of drug-likeness (QED) is 0.782. The molecule has 0 aliphatic carbocycles. The maximum Gasteiger partial charge on any atom is 0.0658 e. The summed E-state index contributed by atoms with van der Waals surface area (Å²) in [5.74, 6) is 2.48. The van der Waals surface area contributed by atoms with Gasteiger partial charge in [-0.1, -0.05) is 11.6 Å². The van der Waals surface area contributed by atoms with Gasteiger partial charge in [-0.2, -0.15) is 11.8 Å². The number of nitrogens with one attached hydrogen (secondary N) is 1. The van der Waals surface area contributed by atoms with E-state index in [1.807, 2.05) is 23.9 Å². The van der Waals surface area contributed by atoms with Gasteiger partial charge in [0.15, 0.2) is 0 Å². The Morgan fingerprint density at radius 3 is 2.73 bits per heavy atom. The van der Waals surface area contributed by atoms with Crippen molar-refractivity contribution in [3.8, 4) is 0 Å². The van der Waals surface area contributed by atoms with Gasteiger partial charge in [-0.15, -0.1) is 0 Å². The molecule has 1 aromatic rings. The Morgan fingerprint density at radius 2 is 2.07 bits per heavy atom. The van der Waals surface area contributed by atoms with E-state index in [1.165, 1.54) is 24.3 Å². The molecule has 0 spiro atoms. The molecule has 4 heteroatoms. The second-order valence-corrected chi connectivity index (χ2v) is 5.40. The predicted octanol–water partition coefficient (Wildman–Crippen LogP) is 3.23. The van der Waals surface area contributed by atoms with E-state index in [4.69, 9.17) is 17.3 Å². The first-order valence-electron chi connectivity index (χ1n) is 5.15. The molecule has 0 aromatic heterocycles. The molecule has 1 saturated heterocycles. The molecule has 0 amide bonds. The molecule has 0 saturated carbocycles. The van der Waals surface area contributed by atoms with Gasteiger partial charge in [-0.3, -0.25) is 0 Å². The van der Waals surface area contributed by atoms with E-state index < -0.39 is 0 Å². The number of nitrogens with two attached hydrogens (primary N) is 1. The lowest BCUT2D eigenvalue weighted by Gasteiger charge is -2.24. The summed E-state index contributed by atoms with van der Waals surface area (Å²) >= 11 is 8.12. The number of hydrogen-bond acceptors (Lipinski definition) is 3. The Kier molecular flexibility index (Phi) is 3.65. The topological polar surface area (TPSA) is 38.0 Å². The van der Waals surface area contributed by atoms with Crippen molar-refractivity contribution < 1.29 is 0 Å². The summed E-state index contributed by atoms with van der Waals surface area (Å²) in [5, 5.41) is 4.19. The maximum absolute atomic E-state index is 6.10. The summed E-state index contributed by atoms with van der Waals surface area (Å²) in [5.41, 5.74) is 7.36. The van der Waals surface area contributed by atoms with Gasteiger partial charge in [0.05, 0.1) is 10.7 Å². The smallest absolute Gasteiger partial charge is 0.0658 e. The molecule has 1 aliphatic heterocycles. The zero-order chi connectivity index (χ0) is 10.7. The SMILES string of the molecule is Nc1ccc(NC2CCSCC2)c(Cl)c1. The molecule has 1 aliphatic rings. The summed E-state index contributed by atoms with van der Waals surface area (Å²) in [6.07, 6.45) is 2.43. The van der Waals surface area contributed by atoms with Crippen LogP contribution in [0.3, 0.4) is 0 Å². The highest BCUT2D eigenvalue weighted by molar-refractivity contribution is 7.99. The zero-order valence-corrected chi connectivity index (χ0v) is 10.1. The summed E-state index contributed by atoms with van der Waals surface area (Å²) in [6.45, 7) is 0. The summed E-state index contributed by atoms with van der Waals surface area (Å²) in [6, 6.07) is 6.19. The standard InChI is InChI=1S/C11H15ClN2S/c12-10-7-8(13)1-2-11(10)14-9-3-5-15-6-4-9/h1-2,7,9,14H,3-6,13H2. The van der Waals surface area contributed by atoms with Crippen LogP contribution in [-0.4, -0.2) is 17.5 Å². The minimum Gasteiger partial charge on any atom is -0.399 e. The molecule has 0 radical (unpaired) electrons. The van der Waals surface area contributed by atoms with Crippen molar-refractivity contribution in [1.29, 1.82) is 0 Å². The fraction of sp³-hybridized carbons (Fsp3) is 0.455. The van der Waals surface area contributed by atoms with Crippen molar-refractivity contribution in [2.45, 2.75) is 18.9 Å². The highest BCUT2D eigenvalue weighted by Gasteiger charge is 2.14. The van der Waals surface area contributed by atoms with Crippen molar-refractivity contribution in [3.05, 3.63) is 23.2 Å². The van der Waals surface area contributed by atoms with E-state index in [0.29, 0.717) is 16.8 Å². The molecule has 1 aromatic carbocycles. The van der Waals surface area contributed by atoms with Crippen molar-refractivity contribution in [1.82, 2.24) is 0 Å². The maximum atomic E-state index is 6.10. The fourth-order valence-electron chi connectivity index (χ4n) is 1.71. The number of halogens is 1. The highest BCUT2D eigenvalue weighted by atomic mass is 35.5. The Labute approximate surface area is 99.6 Å². The third-order valence-corrected chi connectivity index (χ3v) is 3.94. The van der Waals surface area contributed by atoms with Gasteiger partial charge in [0.1, 0.15) is 0 Å². The van der Waals surface area contributed by atoms with Crippen LogP contribution in [0.4, 0.5) is 11.4 Å². The average molecular weight is 243 g/mol. The van der Waals surface area contributed by atoms with Crippen LogP contribution in [0.2, 0.25) is 5.02 Å². The normalized spacial score (nSPS) is 17.7. The van der Waals surface area contributed by atoms with E-state index in [1.54, 1.807) is 6.07 Å². The minimum atomic E-state index is 0.562. The molecule has 3 N–H and O–H groups in total. The number of benzene rings is 1. The van der Waals surface area contributed by atoms with Gasteiger partial charge in [-0.25, -0.2) is 0 Å². The van der Waals surface area contributed by atoms with Crippen LogP contribution in [0, 0.1) is 0 Å². The Balaban J connectivity index is 2.03. The van der Waals surface area contributed by atoms with Gasteiger partial charge < -0.3 is 11.1 Å². The van der Waals surface area contributed by atoms with Crippen LogP contribution in [0.1, 0.15) is 12.8 Å². The lowest BCUT2D eigenvalue weighted by atomic mass is 10.1. The van der Waals surface area contributed by atoms with Crippen molar-refractivity contribution in [3.63, 3.8) is 0 Å². The second-order valence-electron chi connectivity index (χ2n) is 3.77. The van der Waals surface area contributed by atoms with E-state index in [9.17, 15) is 0 Å². The average Bonchev–Trinajstić information content (AvgIpc) is 2.24. The molecule has 0 atom stereocenters. The third-order valence-electron chi connectivity index (χ3n) is 2.57. The van der Waals surface area contributed by atoms with Gasteiger partial charge in [0.2, 0.25) is 0 Å². The molecular weight excluding hydrogens is 228 g/mol. The number of nitrogen functional groups attached to an aromatic ring is 1. The van der Waals surface area contributed by atoms with Gasteiger partial charge >= 0.3 is 0 Å². The Hall–Kier alpha value is -0.540.